The number of carbonyl (C=O) groups is 3. The van der Waals surface area contributed by atoms with Gasteiger partial charge < -0.3 is 25.0 Å². The Morgan fingerprint density at radius 1 is 0.938 bits per heavy atom. The molecule has 15 heteroatoms. The molecule has 3 amide bonds. The van der Waals surface area contributed by atoms with Crippen LogP contribution in [0.1, 0.15) is 61.2 Å². The van der Waals surface area contributed by atoms with Gasteiger partial charge in [0, 0.05) is 11.6 Å². The average Bonchev–Trinajstić information content (AvgIpc) is 3.20. The molecule has 258 valence electrons. The van der Waals surface area contributed by atoms with Gasteiger partial charge in [-0.2, -0.15) is 26.3 Å². The van der Waals surface area contributed by atoms with Crippen molar-refractivity contribution in [2.24, 2.45) is 0 Å². The number of amides is 3. The predicted octanol–water partition coefficient (Wildman–Crippen LogP) is 6.89. The van der Waals surface area contributed by atoms with E-state index in [-0.39, 0.29) is 41.6 Å². The first-order valence-corrected chi connectivity index (χ1v) is 14.7. The van der Waals surface area contributed by atoms with E-state index in [2.05, 4.69) is 5.32 Å². The highest BCUT2D eigenvalue weighted by Crippen LogP contribution is 2.50. The van der Waals surface area contributed by atoms with E-state index < -0.39 is 59.1 Å². The van der Waals surface area contributed by atoms with Crippen LogP contribution in [-0.2, 0) is 22.4 Å². The Labute approximate surface area is 271 Å². The van der Waals surface area contributed by atoms with Gasteiger partial charge in [0.1, 0.15) is 28.5 Å². The molecule has 1 atom stereocenters. The zero-order chi connectivity index (χ0) is 35.8. The van der Waals surface area contributed by atoms with Crippen LogP contribution in [0.3, 0.4) is 0 Å². The molecule has 48 heavy (non-hydrogen) atoms. The van der Waals surface area contributed by atoms with E-state index in [0.29, 0.717) is 28.3 Å². The van der Waals surface area contributed by atoms with Crippen molar-refractivity contribution in [1.82, 2.24) is 10.2 Å². The van der Waals surface area contributed by atoms with Gasteiger partial charge in [-0.25, -0.2) is 4.79 Å². The number of aliphatic hydroxyl groups is 1. The molecule has 1 unspecified atom stereocenters. The maximum absolute atomic E-state index is 13.4. The van der Waals surface area contributed by atoms with E-state index in [9.17, 15) is 50.9 Å². The number of imide groups is 1. The third-order valence-electron chi connectivity index (χ3n) is 7.70. The fraction of sp³-hybridized carbons (Fsp3) is 0.364. The molecule has 3 N–H and O–H groups in total. The van der Waals surface area contributed by atoms with Crippen molar-refractivity contribution in [3.8, 4) is 23.0 Å². The van der Waals surface area contributed by atoms with E-state index in [4.69, 9.17) is 9.47 Å². The number of rotatable bonds is 11. The minimum atomic E-state index is -6.07. The minimum absolute atomic E-state index is 0.0295. The number of hydrogen-bond acceptors (Lipinski definition) is 7. The van der Waals surface area contributed by atoms with Crippen molar-refractivity contribution in [2.45, 2.75) is 70.1 Å². The maximum Gasteiger partial charge on any atom is 0.430 e. The molecule has 1 fully saturated rings. The molecule has 1 saturated heterocycles. The fourth-order valence-electron chi connectivity index (χ4n) is 5.20. The van der Waals surface area contributed by atoms with E-state index in [1.165, 1.54) is 13.0 Å². The monoisotopic (exact) mass is 682 g/mol. The second-order valence-electron chi connectivity index (χ2n) is 11.6. The van der Waals surface area contributed by atoms with Gasteiger partial charge in [-0.05, 0) is 74.7 Å². The van der Waals surface area contributed by atoms with Crippen molar-refractivity contribution in [3.05, 3.63) is 82.9 Å². The van der Waals surface area contributed by atoms with Crippen LogP contribution in [0.2, 0.25) is 0 Å². The Morgan fingerprint density at radius 2 is 1.54 bits per heavy atom. The van der Waals surface area contributed by atoms with Crippen LogP contribution >= 0.6 is 0 Å². The SMILES string of the molecule is CCCc1cc(C(O)(C(F)(F)F)C(F)(F)F)ccc1Oc1ccc(C(=O)CN2C(=O)NC(C)(c3ccc(OC(C)C)cc3)C2=O)c(O)c1. The topological polar surface area (TPSA) is 125 Å². The molecule has 0 bridgehead atoms. The first-order valence-electron chi connectivity index (χ1n) is 14.7. The number of Topliss-reactive ketones (excluding diaryl/α,β-unsaturated/α-hetero) is 1. The molecule has 0 spiro atoms. The highest BCUT2D eigenvalue weighted by molar-refractivity contribution is 6.11. The Morgan fingerprint density at radius 3 is 2.08 bits per heavy atom. The summed E-state index contributed by atoms with van der Waals surface area (Å²) in [5.74, 6) is -1.91. The number of halogens is 6. The number of urea groups is 1. The smallest absolute Gasteiger partial charge is 0.430 e. The second-order valence-corrected chi connectivity index (χ2v) is 11.6. The number of benzene rings is 3. The summed E-state index contributed by atoms with van der Waals surface area (Å²) in [6.07, 6.45) is -12.0. The molecule has 9 nitrogen and oxygen atoms in total. The van der Waals surface area contributed by atoms with Crippen molar-refractivity contribution in [3.63, 3.8) is 0 Å². The molecule has 0 saturated carbocycles. The normalized spacial score (nSPS) is 17.1. The number of nitrogens with one attached hydrogen (secondary N) is 1. The van der Waals surface area contributed by atoms with Gasteiger partial charge in [0.15, 0.2) is 5.78 Å². The number of nitrogens with zero attached hydrogens (tertiary/aromatic N) is 1. The number of ether oxygens (including phenoxy) is 2. The summed E-state index contributed by atoms with van der Waals surface area (Å²) in [4.78, 5) is 39.9. The summed E-state index contributed by atoms with van der Waals surface area (Å²) in [5.41, 5.74) is -8.01. The highest BCUT2D eigenvalue weighted by Gasteiger charge is 2.71. The Kier molecular flexibility index (Phi) is 9.78. The van der Waals surface area contributed by atoms with Crippen molar-refractivity contribution >= 4 is 17.7 Å². The van der Waals surface area contributed by atoms with E-state index in [0.717, 1.165) is 18.2 Å². The minimum Gasteiger partial charge on any atom is -0.507 e. The molecule has 0 aromatic heterocycles. The van der Waals surface area contributed by atoms with Crippen LogP contribution in [0.25, 0.3) is 0 Å². The third kappa shape index (κ3) is 6.77. The first-order chi connectivity index (χ1) is 22.2. The van der Waals surface area contributed by atoms with E-state index in [1.54, 1.807) is 31.2 Å². The lowest BCUT2D eigenvalue weighted by Crippen LogP contribution is -2.53. The lowest BCUT2D eigenvalue weighted by molar-refractivity contribution is -0.376. The van der Waals surface area contributed by atoms with Crippen molar-refractivity contribution < 1.29 is 60.4 Å². The maximum atomic E-state index is 13.4. The molecule has 3 aromatic rings. The summed E-state index contributed by atoms with van der Waals surface area (Å²) in [5, 5.41) is 23.0. The van der Waals surface area contributed by atoms with Gasteiger partial charge in [0.25, 0.3) is 11.5 Å². The van der Waals surface area contributed by atoms with Gasteiger partial charge in [-0.15, -0.1) is 0 Å². The second kappa shape index (κ2) is 13.0. The summed E-state index contributed by atoms with van der Waals surface area (Å²) in [6, 6.07) is 10.8. The largest absolute Gasteiger partial charge is 0.507 e. The van der Waals surface area contributed by atoms with Crippen LogP contribution in [0.5, 0.6) is 23.0 Å². The summed E-state index contributed by atoms with van der Waals surface area (Å²) < 4.78 is 91.8. The van der Waals surface area contributed by atoms with Crippen LogP contribution < -0.4 is 14.8 Å². The molecular formula is C33H32F6N2O7. The number of aryl methyl sites for hydroxylation is 1. The van der Waals surface area contributed by atoms with Crippen LogP contribution in [-0.4, -0.2) is 57.8 Å². The Bertz CT molecular complexity index is 1690. The average molecular weight is 683 g/mol. The number of aromatic hydroxyl groups is 1. The standard InChI is InChI=1S/C33H32F6N2O7/c1-5-6-19-15-21(31(46,32(34,35)36)33(37,38)39)9-14-27(19)48-23-12-13-24(25(42)16-23)26(43)17-41-28(44)30(4,40-29(41)45)20-7-10-22(11-8-20)47-18(2)3/h7-16,18,42,46H,5-6,17H2,1-4H3,(H,40,45). The summed E-state index contributed by atoms with van der Waals surface area (Å²) >= 11 is 0. The van der Waals surface area contributed by atoms with Gasteiger partial charge in [0.05, 0.1) is 18.2 Å². The molecule has 1 aliphatic rings. The lowest BCUT2D eigenvalue weighted by Gasteiger charge is -2.33. The fourth-order valence-corrected chi connectivity index (χ4v) is 5.20. The number of alkyl halides is 6. The number of phenols is 1. The highest BCUT2D eigenvalue weighted by atomic mass is 19.4. The molecule has 1 aliphatic heterocycles. The first kappa shape index (κ1) is 36.1. The van der Waals surface area contributed by atoms with Gasteiger partial charge in [-0.3, -0.25) is 14.5 Å². The Balaban J connectivity index is 1.53. The molecule has 0 radical (unpaired) electrons. The van der Waals surface area contributed by atoms with E-state index in [1.807, 2.05) is 13.8 Å². The Hall–Kier alpha value is -4.79. The zero-order valence-electron chi connectivity index (χ0n) is 26.1. The number of phenolic OH excluding ortho intramolecular Hbond substituents is 1. The van der Waals surface area contributed by atoms with Crippen LogP contribution in [0, 0.1) is 0 Å². The van der Waals surface area contributed by atoms with Crippen LogP contribution in [0.4, 0.5) is 31.1 Å². The number of hydrogen-bond donors (Lipinski definition) is 3. The third-order valence-corrected chi connectivity index (χ3v) is 7.70. The van der Waals surface area contributed by atoms with Crippen LogP contribution in [0.15, 0.2) is 60.7 Å². The number of ketones is 1. The van der Waals surface area contributed by atoms with Gasteiger partial charge in [-0.1, -0.05) is 31.5 Å². The van der Waals surface area contributed by atoms with E-state index >= 15 is 0 Å². The molecule has 3 aromatic carbocycles. The molecule has 1 heterocycles. The summed E-state index contributed by atoms with van der Waals surface area (Å²) in [7, 11) is 0. The van der Waals surface area contributed by atoms with Gasteiger partial charge >= 0.3 is 18.4 Å². The van der Waals surface area contributed by atoms with Crippen molar-refractivity contribution in [2.75, 3.05) is 6.54 Å². The lowest BCUT2D eigenvalue weighted by atomic mass is 9.90. The quantitative estimate of drug-likeness (QED) is 0.114. The van der Waals surface area contributed by atoms with Crippen molar-refractivity contribution in [1.29, 1.82) is 0 Å². The molecule has 0 aliphatic carbocycles. The zero-order valence-corrected chi connectivity index (χ0v) is 26.1. The predicted molar refractivity (Wildman–Crippen MR) is 159 cm³/mol. The summed E-state index contributed by atoms with van der Waals surface area (Å²) in [6.45, 7) is 6.06. The van der Waals surface area contributed by atoms with Gasteiger partial charge in [0.2, 0.25) is 0 Å². The number of carbonyl (C=O) groups excluding carboxylic acids is 3. The molecular weight excluding hydrogens is 650 g/mol. The molecule has 4 rings (SSSR count).